The van der Waals surface area contributed by atoms with Crippen LogP contribution in [0, 0.1) is 0 Å². The van der Waals surface area contributed by atoms with Gasteiger partial charge in [-0.05, 0) is 26.8 Å². The van der Waals surface area contributed by atoms with Gasteiger partial charge in [-0.15, -0.1) is 0 Å². The van der Waals surface area contributed by atoms with Crippen LogP contribution in [0.1, 0.15) is 25.6 Å². The van der Waals surface area contributed by atoms with E-state index < -0.39 is 0 Å². The Balaban J connectivity index is 2.08. The predicted molar refractivity (Wildman–Crippen MR) is 65.3 cm³/mol. The number of carbonyl (C=O) groups is 1. The number of amides is 1. The van der Waals surface area contributed by atoms with Crippen molar-refractivity contribution in [1.82, 2.24) is 19.8 Å². The Kier molecular flexibility index (Phi) is 3.47. The summed E-state index contributed by atoms with van der Waals surface area (Å²) < 4.78 is 1.96. The highest BCUT2D eigenvalue weighted by molar-refractivity contribution is 5.82. The van der Waals surface area contributed by atoms with Crippen LogP contribution in [0.3, 0.4) is 0 Å². The predicted octanol–water partition coefficient (Wildman–Crippen LogP) is 0.519. The van der Waals surface area contributed by atoms with Gasteiger partial charge < -0.3 is 14.8 Å². The molecule has 0 aliphatic heterocycles. The lowest BCUT2D eigenvalue weighted by atomic mass is 10.2. The maximum atomic E-state index is 12.2. The largest absolute Gasteiger partial charge is 0.337 e. The molecule has 0 spiro atoms. The number of aryl methyl sites for hydroxylation is 1. The molecule has 0 bridgehead atoms. The molecular formula is C12H20N4O. The number of imidazole rings is 1. The van der Waals surface area contributed by atoms with Crippen LogP contribution in [0.4, 0.5) is 0 Å². The van der Waals surface area contributed by atoms with E-state index in [1.54, 1.807) is 6.20 Å². The van der Waals surface area contributed by atoms with Crippen LogP contribution in [-0.2, 0) is 18.4 Å². The minimum Gasteiger partial charge on any atom is -0.337 e. The number of aromatic nitrogens is 2. The summed E-state index contributed by atoms with van der Waals surface area (Å²) in [6.07, 6.45) is 5.91. The van der Waals surface area contributed by atoms with Gasteiger partial charge in [-0.2, -0.15) is 0 Å². The zero-order valence-electron chi connectivity index (χ0n) is 10.7. The van der Waals surface area contributed by atoms with Crippen molar-refractivity contribution in [3.05, 3.63) is 18.2 Å². The Hall–Kier alpha value is -1.36. The lowest BCUT2D eigenvalue weighted by Gasteiger charge is -2.25. The topological polar surface area (TPSA) is 50.2 Å². The van der Waals surface area contributed by atoms with Crippen LogP contribution in [0.2, 0.25) is 0 Å². The van der Waals surface area contributed by atoms with Crippen LogP contribution in [-0.4, -0.2) is 39.5 Å². The van der Waals surface area contributed by atoms with Gasteiger partial charge in [0.15, 0.2) is 0 Å². The third-order valence-electron chi connectivity index (χ3n) is 3.31. The summed E-state index contributed by atoms with van der Waals surface area (Å²) in [5.41, 5.74) is 0. The molecule has 1 unspecified atom stereocenters. The molecule has 1 aromatic heterocycles. The van der Waals surface area contributed by atoms with E-state index in [0.717, 1.165) is 18.7 Å². The summed E-state index contributed by atoms with van der Waals surface area (Å²) in [6, 6.07) is 0.283. The molecule has 1 N–H and O–H groups in total. The first-order valence-corrected chi connectivity index (χ1v) is 6.07. The fourth-order valence-electron chi connectivity index (χ4n) is 1.85. The average Bonchev–Trinajstić information content (AvgIpc) is 3.09. The standard InChI is InChI=1S/C12H20N4O/c1-9(13-2)12(17)16(10-4-5-10)8-11-14-6-7-15(11)3/h6-7,9-10,13H,4-5,8H2,1-3H3. The fourth-order valence-corrected chi connectivity index (χ4v) is 1.85. The first-order valence-electron chi connectivity index (χ1n) is 6.07. The molecule has 1 aromatic rings. The van der Waals surface area contributed by atoms with Gasteiger partial charge in [-0.3, -0.25) is 4.79 Å². The molecule has 5 nitrogen and oxygen atoms in total. The summed E-state index contributed by atoms with van der Waals surface area (Å²) in [4.78, 5) is 18.4. The molecule has 0 saturated heterocycles. The zero-order valence-corrected chi connectivity index (χ0v) is 10.7. The Morgan fingerprint density at radius 3 is 2.88 bits per heavy atom. The number of likely N-dealkylation sites (N-methyl/N-ethyl adjacent to an activating group) is 1. The number of carbonyl (C=O) groups excluding carboxylic acids is 1. The Morgan fingerprint density at radius 2 is 2.41 bits per heavy atom. The van der Waals surface area contributed by atoms with Crippen molar-refractivity contribution in [2.45, 2.75) is 38.4 Å². The van der Waals surface area contributed by atoms with Gasteiger partial charge in [0.1, 0.15) is 5.82 Å². The van der Waals surface area contributed by atoms with E-state index in [2.05, 4.69) is 10.3 Å². The molecule has 0 radical (unpaired) electrons. The Bertz CT molecular complexity index is 397. The number of hydrogen-bond donors (Lipinski definition) is 1. The maximum Gasteiger partial charge on any atom is 0.240 e. The van der Waals surface area contributed by atoms with E-state index in [0.29, 0.717) is 12.6 Å². The van der Waals surface area contributed by atoms with E-state index in [-0.39, 0.29) is 11.9 Å². The average molecular weight is 236 g/mol. The highest BCUT2D eigenvalue weighted by Crippen LogP contribution is 2.28. The van der Waals surface area contributed by atoms with E-state index in [4.69, 9.17) is 0 Å². The summed E-state index contributed by atoms with van der Waals surface area (Å²) in [5.74, 6) is 1.10. The van der Waals surface area contributed by atoms with Gasteiger partial charge >= 0.3 is 0 Å². The van der Waals surface area contributed by atoms with Crippen LogP contribution >= 0.6 is 0 Å². The van der Waals surface area contributed by atoms with Crippen LogP contribution < -0.4 is 5.32 Å². The highest BCUT2D eigenvalue weighted by atomic mass is 16.2. The smallest absolute Gasteiger partial charge is 0.240 e. The van der Waals surface area contributed by atoms with Crippen molar-refractivity contribution in [3.63, 3.8) is 0 Å². The molecule has 1 fully saturated rings. The van der Waals surface area contributed by atoms with E-state index in [1.165, 1.54) is 0 Å². The monoisotopic (exact) mass is 236 g/mol. The molecule has 0 aromatic carbocycles. The Labute approximate surface area is 102 Å². The fraction of sp³-hybridized carbons (Fsp3) is 0.667. The van der Waals surface area contributed by atoms with Crippen LogP contribution in [0.25, 0.3) is 0 Å². The van der Waals surface area contributed by atoms with E-state index >= 15 is 0 Å². The second-order valence-electron chi connectivity index (χ2n) is 4.66. The van der Waals surface area contributed by atoms with Gasteiger partial charge in [-0.1, -0.05) is 0 Å². The van der Waals surface area contributed by atoms with Gasteiger partial charge in [0.05, 0.1) is 12.6 Å². The van der Waals surface area contributed by atoms with Gasteiger partial charge in [0.2, 0.25) is 5.91 Å². The summed E-state index contributed by atoms with van der Waals surface area (Å²) in [7, 11) is 3.77. The molecule has 5 heteroatoms. The van der Waals surface area contributed by atoms with Crippen LogP contribution in [0.5, 0.6) is 0 Å². The lowest BCUT2D eigenvalue weighted by molar-refractivity contribution is -0.134. The Morgan fingerprint density at radius 1 is 1.71 bits per heavy atom. The molecular weight excluding hydrogens is 216 g/mol. The SMILES string of the molecule is CNC(C)C(=O)N(Cc1nccn1C)C1CC1. The molecule has 2 rings (SSSR count). The van der Waals surface area contributed by atoms with Gasteiger partial charge in [0, 0.05) is 25.5 Å². The van der Waals surface area contributed by atoms with Gasteiger partial charge in [-0.25, -0.2) is 4.98 Å². The highest BCUT2D eigenvalue weighted by Gasteiger charge is 2.34. The second-order valence-corrected chi connectivity index (χ2v) is 4.66. The van der Waals surface area contributed by atoms with Crippen LogP contribution in [0.15, 0.2) is 12.4 Å². The van der Waals surface area contributed by atoms with Crippen molar-refractivity contribution >= 4 is 5.91 Å². The molecule has 1 atom stereocenters. The summed E-state index contributed by atoms with van der Waals surface area (Å²) in [5, 5.41) is 3.00. The number of nitrogens with one attached hydrogen (secondary N) is 1. The van der Waals surface area contributed by atoms with Crippen molar-refractivity contribution in [2.24, 2.45) is 7.05 Å². The molecule has 1 amide bonds. The number of nitrogens with zero attached hydrogens (tertiary/aromatic N) is 3. The first-order chi connectivity index (χ1) is 8.13. The van der Waals surface area contributed by atoms with Gasteiger partial charge in [0.25, 0.3) is 0 Å². The third kappa shape index (κ3) is 2.66. The minimum absolute atomic E-state index is 0.129. The number of hydrogen-bond acceptors (Lipinski definition) is 3. The number of rotatable bonds is 5. The third-order valence-corrected chi connectivity index (χ3v) is 3.31. The first kappa shape index (κ1) is 12.1. The normalized spacial score (nSPS) is 16.9. The minimum atomic E-state index is -0.129. The quantitative estimate of drug-likeness (QED) is 0.811. The van der Waals surface area contributed by atoms with E-state index in [9.17, 15) is 4.79 Å². The summed E-state index contributed by atoms with van der Waals surface area (Å²) >= 11 is 0. The van der Waals surface area contributed by atoms with Crippen molar-refractivity contribution in [1.29, 1.82) is 0 Å². The molecule has 1 heterocycles. The van der Waals surface area contributed by atoms with Crippen molar-refractivity contribution in [3.8, 4) is 0 Å². The molecule has 1 aliphatic rings. The second kappa shape index (κ2) is 4.87. The summed E-state index contributed by atoms with van der Waals surface area (Å²) in [6.45, 7) is 2.51. The van der Waals surface area contributed by atoms with Crippen molar-refractivity contribution < 1.29 is 4.79 Å². The molecule has 94 valence electrons. The lowest BCUT2D eigenvalue weighted by Crippen LogP contribution is -2.44. The molecule has 1 saturated carbocycles. The molecule has 1 aliphatic carbocycles. The van der Waals surface area contributed by atoms with Crippen molar-refractivity contribution in [2.75, 3.05) is 7.05 Å². The maximum absolute atomic E-state index is 12.2. The van der Waals surface area contributed by atoms with E-state index in [1.807, 2.05) is 36.7 Å². The zero-order chi connectivity index (χ0) is 12.4. The molecule has 17 heavy (non-hydrogen) atoms.